The zero-order chi connectivity index (χ0) is 13.2. The van der Waals surface area contributed by atoms with Crippen LogP contribution in [0.15, 0.2) is 18.2 Å². The van der Waals surface area contributed by atoms with E-state index in [1.54, 1.807) is 6.07 Å². The van der Waals surface area contributed by atoms with Crippen LogP contribution in [0, 0.1) is 17.1 Å². The van der Waals surface area contributed by atoms with E-state index in [-0.39, 0.29) is 5.82 Å². The Morgan fingerprint density at radius 1 is 1.32 bits per heavy atom. The van der Waals surface area contributed by atoms with Crippen molar-refractivity contribution in [3.8, 4) is 6.07 Å². The molecule has 1 aromatic carbocycles. The second-order valence-electron chi connectivity index (χ2n) is 5.58. The summed E-state index contributed by atoms with van der Waals surface area (Å²) in [6.45, 7) is 2.59. The Bertz CT molecular complexity index is 509. The first-order chi connectivity index (χ1) is 9.24. The van der Waals surface area contributed by atoms with Gasteiger partial charge in [-0.1, -0.05) is 0 Å². The molecule has 0 aromatic heterocycles. The van der Waals surface area contributed by atoms with Crippen LogP contribution >= 0.6 is 0 Å². The van der Waals surface area contributed by atoms with Gasteiger partial charge in [0, 0.05) is 37.3 Å². The summed E-state index contributed by atoms with van der Waals surface area (Å²) in [6, 6.07) is 7.87. The number of nitrogens with zero attached hydrogens (tertiary/aromatic N) is 2. The van der Waals surface area contributed by atoms with E-state index < -0.39 is 0 Å². The van der Waals surface area contributed by atoms with E-state index >= 15 is 0 Å². The van der Waals surface area contributed by atoms with Gasteiger partial charge in [0.2, 0.25) is 0 Å². The lowest BCUT2D eigenvalue weighted by Gasteiger charge is -2.24. The van der Waals surface area contributed by atoms with Crippen LogP contribution in [0.2, 0.25) is 0 Å². The van der Waals surface area contributed by atoms with Crippen molar-refractivity contribution in [3.05, 3.63) is 35.1 Å². The number of nitriles is 1. The summed E-state index contributed by atoms with van der Waals surface area (Å²) < 4.78 is 13.8. The maximum absolute atomic E-state index is 13.8. The zero-order valence-corrected chi connectivity index (χ0v) is 10.9. The van der Waals surface area contributed by atoms with Crippen LogP contribution in [0.3, 0.4) is 0 Å². The second kappa shape index (κ2) is 5.28. The van der Waals surface area contributed by atoms with Gasteiger partial charge < -0.3 is 5.32 Å². The van der Waals surface area contributed by atoms with Gasteiger partial charge in [0.1, 0.15) is 5.82 Å². The summed E-state index contributed by atoms with van der Waals surface area (Å²) >= 11 is 0. The lowest BCUT2D eigenvalue weighted by Crippen LogP contribution is -2.35. The standard InChI is InChI=1S/C15H18FN3/c16-15-4-1-11(8-17)7-12(15)9-19-6-5-13-2-3-14(10-19)18-13/h1,4,7,13-14,18H,2-3,5-6,9-10H2. The molecule has 3 rings (SSSR count). The van der Waals surface area contributed by atoms with E-state index in [0.717, 1.165) is 19.5 Å². The van der Waals surface area contributed by atoms with Crippen LogP contribution in [0.25, 0.3) is 0 Å². The van der Waals surface area contributed by atoms with Crippen molar-refractivity contribution in [2.45, 2.75) is 37.9 Å². The van der Waals surface area contributed by atoms with Gasteiger partial charge in [-0.15, -0.1) is 0 Å². The molecule has 2 unspecified atom stereocenters. The molecule has 2 aliphatic rings. The number of hydrogen-bond donors (Lipinski definition) is 1. The first-order valence-corrected chi connectivity index (χ1v) is 6.91. The van der Waals surface area contributed by atoms with Crippen molar-refractivity contribution in [2.24, 2.45) is 0 Å². The van der Waals surface area contributed by atoms with Crippen molar-refractivity contribution >= 4 is 0 Å². The van der Waals surface area contributed by atoms with Crippen LogP contribution in [0.4, 0.5) is 4.39 Å². The quantitative estimate of drug-likeness (QED) is 0.883. The molecule has 4 heteroatoms. The summed E-state index contributed by atoms with van der Waals surface area (Å²) in [6.07, 6.45) is 3.63. The van der Waals surface area contributed by atoms with Gasteiger partial charge in [-0.25, -0.2) is 4.39 Å². The number of rotatable bonds is 2. The van der Waals surface area contributed by atoms with Crippen LogP contribution < -0.4 is 5.32 Å². The molecule has 2 heterocycles. The highest BCUT2D eigenvalue weighted by molar-refractivity contribution is 5.33. The van der Waals surface area contributed by atoms with E-state index in [4.69, 9.17) is 5.26 Å². The third-order valence-electron chi connectivity index (χ3n) is 4.18. The molecule has 2 atom stereocenters. The molecule has 2 saturated heterocycles. The fourth-order valence-electron chi connectivity index (χ4n) is 3.17. The minimum Gasteiger partial charge on any atom is -0.310 e. The Balaban J connectivity index is 1.72. The first kappa shape index (κ1) is 12.6. The smallest absolute Gasteiger partial charge is 0.127 e. The summed E-state index contributed by atoms with van der Waals surface area (Å²) in [5.41, 5.74) is 1.17. The van der Waals surface area contributed by atoms with E-state index in [2.05, 4.69) is 16.3 Å². The van der Waals surface area contributed by atoms with Gasteiger partial charge in [-0.3, -0.25) is 4.90 Å². The predicted octanol–water partition coefficient (Wildman–Crippen LogP) is 2.02. The number of hydrogen-bond acceptors (Lipinski definition) is 3. The van der Waals surface area contributed by atoms with Crippen LogP contribution in [0.5, 0.6) is 0 Å². The molecule has 2 fully saturated rings. The third kappa shape index (κ3) is 2.78. The van der Waals surface area contributed by atoms with Gasteiger partial charge in [-0.2, -0.15) is 5.26 Å². The molecule has 19 heavy (non-hydrogen) atoms. The maximum Gasteiger partial charge on any atom is 0.127 e. The maximum atomic E-state index is 13.8. The molecule has 0 spiro atoms. The summed E-state index contributed by atoms with van der Waals surface area (Å²) in [7, 11) is 0. The number of fused-ring (bicyclic) bond motifs is 2. The molecule has 0 saturated carbocycles. The Labute approximate surface area is 113 Å². The van der Waals surface area contributed by atoms with Crippen LogP contribution in [-0.4, -0.2) is 30.1 Å². The molecule has 3 nitrogen and oxygen atoms in total. The highest BCUT2D eigenvalue weighted by Crippen LogP contribution is 2.22. The van der Waals surface area contributed by atoms with Gasteiger partial charge in [0.05, 0.1) is 11.6 Å². The second-order valence-corrected chi connectivity index (χ2v) is 5.58. The van der Waals surface area contributed by atoms with Crippen LogP contribution in [0.1, 0.15) is 30.4 Å². The monoisotopic (exact) mass is 259 g/mol. The molecule has 100 valence electrons. The molecule has 2 bridgehead atoms. The van der Waals surface area contributed by atoms with Crippen molar-refractivity contribution in [3.63, 3.8) is 0 Å². The predicted molar refractivity (Wildman–Crippen MR) is 71.0 cm³/mol. The van der Waals surface area contributed by atoms with Gasteiger partial charge in [-0.05, 0) is 37.5 Å². The molecule has 0 aliphatic carbocycles. The van der Waals surface area contributed by atoms with Crippen molar-refractivity contribution < 1.29 is 4.39 Å². The zero-order valence-electron chi connectivity index (χ0n) is 10.9. The first-order valence-electron chi connectivity index (χ1n) is 6.91. The van der Waals surface area contributed by atoms with E-state index in [9.17, 15) is 4.39 Å². The Kier molecular flexibility index (Phi) is 3.50. The lowest BCUT2D eigenvalue weighted by atomic mass is 10.1. The Morgan fingerprint density at radius 3 is 3.00 bits per heavy atom. The van der Waals surface area contributed by atoms with Crippen molar-refractivity contribution in [2.75, 3.05) is 13.1 Å². The minimum atomic E-state index is -0.207. The average molecular weight is 259 g/mol. The topological polar surface area (TPSA) is 39.1 Å². The Morgan fingerprint density at radius 2 is 2.16 bits per heavy atom. The molecular weight excluding hydrogens is 241 g/mol. The normalized spacial score (nSPS) is 26.9. The summed E-state index contributed by atoms with van der Waals surface area (Å²) in [4.78, 5) is 2.30. The van der Waals surface area contributed by atoms with E-state index in [1.807, 2.05) is 0 Å². The number of likely N-dealkylation sites (tertiary alicyclic amines) is 1. The fraction of sp³-hybridized carbons (Fsp3) is 0.533. The average Bonchev–Trinajstić information content (AvgIpc) is 2.75. The number of benzene rings is 1. The minimum absolute atomic E-state index is 0.207. The number of nitrogens with one attached hydrogen (secondary N) is 1. The largest absolute Gasteiger partial charge is 0.310 e. The molecule has 2 aliphatic heterocycles. The molecule has 1 aromatic rings. The van der Waals surface area contributed by atoms with E-state index in [0.29, 0.717) is 29.8 Å². The SMILES string of the molecule is N#Cc1ccc(F)c(CN2CCC3CCC(C2)N3)c1. The molecular formula is C15H18FN3. The van der Waals surface area contributed by atoms with Crippen molar-refractivity contribution in [1.82, 2.24) is 10.2 Å². The van der Waals surface area contributed by atoms with Crippen LogP contribution in [-0.2, 0) is 6.54 Å². The molecule has 1 N–H and O–H groups in total. The lowest BCUT2D eigenvalue weighted by molar-refractivity contribution is 0.247. The molecule has 0 radical (unpaired) electrons. The molecule has 0 amide bonds. The highest BCUT2D eigenvalue weighted by Gasteiger charge is 2.29. The van der Waals surface area contributed by atoms with Gasteiger partial charge in [0.25, 0.3) is 0 Å². The third-order valence-corrected chi connectivity index (χ3v) is 4.18. The van der Waals surface area contributed by atoms with Crippen molar-refractivity contribution in [1.29, 1.82) is 5.26 Å². The van der Waals surface area contributed by atoms with E-state index in [1.165, 1.54) is 25.0 Å². The fourth-order valence-corrected chi connectivity index (χ4v) is 3.17. The number of halogens is 1. The van der Waals surface area contributed by atoms with Gasteiger partial charge in [0.15, 0.2) is 0 Å². The highest BCUT2D eigenvalue weighted by atomic mass is 19.1. The van der Waals surface area contributed by atoms with Gasteiger partial charge >= 0.3 is 0 Å². The Hall–Kier alpha value is -1.44. The summed E-state index contributed by atoms with van der Waals surface area (Å²) in [5.74, 6) is -0.207. The summed E-state index contributed by atoms with van der Waals surface area (Å²) in [5, 5.41) is 12.5.